The fourth-order valence-electron chi connectivity index (χ4n) is 2.58. The van der Waals surface area contributed by atoms with Gasteiger partial charge < -0.3 is 20.4 Å². The predicted molar refractivity (Wildman–Crippen MR) is 78.7 cm³/mol. The first kappa shape index (κ1) is 15.2. The van der Waals surface area contributed by atoms with Gasteiger partial charge in [-0.15, -0.1) is 0 Å². The molecule has 114 valence electrons. The summed E-state index contributed by atoms with van der Waals surface area (Å²) in [6, 6.07) is 3.75. The number of benzene rings is 1. The summed E-state index contributed by atoms with van der Waals surface area (Å²) in [4.78, 5) is 24.9. The van der Waals surface area contributed by atoms with Crippen LogP contribution in [0.3, 0.4) is 0 Å². The van der Waals surface area contributed by atoms with Gasteiger partial charge in [0.1, 0.15) is 11.3 Å². The number of anilines is 1. The van der Waals surface area contributed by atoms with Crippen LogP contribution in [-0.2, 0) is 0 Å². The molecule has 1 aromatic carbocycles. The summed E-state index contributed by atoms with van der Waals surface area (Å²) >= 11 is 0. The van der Waals surface area contributed by atoms with E-state index < -0.39 is 5.97 Å². The fraction of sp³-hybridized carbons (Fsp3) is 0.467. The SMILES string of the molecule is CC1(C)CCCN(C(=O)Nc2ccc(O)c(C(=O)O)c2)C1. The lowest BCUT2D eigenvalue weighted by Gasteiger charge is -2.37. The maximum absolute atomic E-state index is 12.2. The quantitative estimate of drug-likeness (QED) is 0.731. The van der Waals surface area contributed by atoms with Gasteiger partial charge in [-0.05, 0) is 36.5 Å². The molecular weight excluding hydrogens is 272 g/mol. The Morgan fingerprint density at radius 1 is 1.33 bits per heavy atom. The molecule has 0 saturated carbocycles. The van der Waals surface area contributed by atoms with E-state index in [1.54, 1.807) is 4.90 Å². The van der Waals surface area contributed by atoms with Gasteiger partial charge >= 0.3 is 12.0 Å². The van der Waals surface area contributed by atoms with Crippen LogP contribution < -0.4 is 5.32 Å². The summed E-state index contributed by atoms with van der Waals surface area (Å²) in [5, 5.41) is 21.1. The van der Waals surface area contributed by atoms with Gasteiger partial charge in [0.25, 0.3) is 0 Å². The monoisotopic (exact) mass is 292 g/mol. The Morgan fingerprint density at radius 2 is 2.05 bits per heavy atom. The highest BCUT2D eigenvalue weighted by Crippen LogP contribution is 2.29. The van der Waals surface area contributed by atoms with Gasteiger partial charge in [-0.3, -0.25) is 0 Å². The van der Waals surface area contributed by atoms with Gasteiger partial charge in [-0.2, -0.15) is 0 Å². The van der Waals surface area contributed by atoms with E-state index in [4.69, 9.17) is 5.11 Å². The van der Waals surface area contributed by atoms with Crippen molar-refractivity contribution in [3.63, 3.8) is 0 Å². The number of carboxylic acids is 1. The molecule has 0 spiro atoms. The third-order valence-electron chi connectivity index (χ3n) is 3.67. The summed E-state index contributed by atoms with van der Waals surface area (Å²) in [5.74, 6) is -1.55. The van der Waals surface area contributed by atoms with Gasteiger partial charge in [-0.25, -0.2) is 9.59 Å². The van der Waals surface area contributed by atoms with Crippen LogP contribution in [0.25, 0.3) is 0 Å². The molecule has 2 amide bonds. The number of rotatable bonds is 2. The van der Waals surface area contributed by atoms with Gasteiger partial charge in [0.05, 0.1) is 0 Å². The second-order valence-electron chi connectivity index (χ2n) is 6.16. The molecule has 1 aromatic rings. The number of carbonyl (C=O) groups excluding carboxylic acids is 1. The Morgan fingerprint density at radius 3 is 2.67 bits per heavy atom. The van der Waals surface area contributed by atoms with Crippen LogP contribution in [0.5, 0.6) is 5.75 Å². The van der Waals surface area contributed by atoms with Crippen molar-refractivity contribution in [2.75, 3.05) is 18.4 Å². The van der Waals surface area contributed by atoms with Gasteiger partial charge in [0.15, 0.2) is 0 Å². The van der Waals surface area contributed by atoms with Crippen molar-refractivity contribution in [2.45, 2.75) is 26.7 Å². The second kappa shape index (κ2) is 5.63. The third kappa shape index (κ3) is 3.65. The van der Waals surface area contributed by atoms with E-state index in [0.717, 1.165) is 12.8 Å². The van der Waals surface area contributed by atoms with Crippen molar-refractivity contribution < 1.29 is 19.8 Å². The highest BCUT2D eigenvalue weighted by Gasteiger charge is 2.29. The smallest absolute Gasteiger partial charge is 0.339 e. The highest BCUT2D eigenvalue weighted by molar-refractivity contribution is 5.95. The zero-order chi connectivity index (χ0) is 15.6. The lowest BCUT2D eigenvalue weighted by Crippen LogP contribution is -2.45. The normalized spacial score (nSPS) is 17.3. The van der Waals surface area contributed by atoms with Crippen LogP contribution >= 0.6 is 0 Å². The minimum Gasteiger partial charge on any atom is -0.507 e. The Hall–Kier alpha value is -2.24. The number of aromatic hydroxyl groups is 1. The van der Waals surface area contributed by atoms with Crippen molar-refractivity contribution in [2.24, 2.45) is 5.41 Å². The highest BCUT2D eigenvalue weighted by atomic mass is 16.4. The number of amides is 2. The van der Waals surface area contributed by atoms with Crippen LogP contribution in [0, 0.1) is 5.41 Å². The number of piperidine rings is 1. The van der Waals surface area contributed by atoms with E-state index in [1.807, 2.05) is 0 Å². The first-order valence-corrected chi connectivity index (χ1v) is 6.91. The number of hydrogen-bond donors (Lipinski definition) is 3. The van der Waals surface area contributed by atoms with Gasteiger partial charge in [0.2, 0.25) is 0 Å². The van der Waals surface area contributed by atoms with E-state index in [-0.39, 0.29) is 22.8 Å². The number of carboxylic acid groups (broad SMARTS) is 1. The zero-order valence-electron chi connectivity index (χ0n) is 12.2. The molecule has 1 saturated heterocycles. The van der Waals surface area contributed by atoms with Crippen LogP contribution in [-0.4, -0.2) is 40.2 Å². The van der Waals surface area contributed by atoms with Crippen LogP contribution in [0.2, 0.25) is 0 Å². The molecule has 21 heavy (non-hydrogen) atoms. The Bertz CT molecular complexity index is 569. The Balaban J connectivity index is 2.09. The van der Waals surface area contributed by atoms with Crippen LogP contribution in [0.1, 0.15) is 37.0 Å². The average molecular weight is 292 g/mol. The minimum atomic E-state index is -1.23. The van der Waals surface area contributed by atoms with Crippen molar-refractivity contribution in [3.8, 4) is 5.75 Å². The van der Waals surface area contributed by atoms with Crippen LogP contribution in [0.15, 0.2) is 18.2 Å². The molecule has 1 fully saturated rings. The largest absolute Gasteiger partial charge is 0.507 e. The summed E-state index contributed by atoms with van der Waals surface area (Å²) in [6.07, 6.45) is 2.04. The second-order valence-corrected chi connectivity index (χ2v) is 6.16. The van der Waals surface area contributed by atoms with E-state index >= 15 is 0 Å². The third-order valence-corrected chi connectivity index (χ3v) is 3.67. The first-order valence-electron chi connectivity index (χ1n) is 6.91. The number of nitrogens with one attached hydrogen (secondary N) is 1. The van der Waals surface area contributed by atoms with Crippen molar-refractivity contribution in [3.05, 3.63) is 23.8 Å². The maximum Gasteiger partial charge on any atom is 0.339 e. The molecular formula is C15H20N2O4. The molecule has 0 bridgehead atoms. The lowest BCUT2D eigenvalue weighted by molar-refractivity contribution is 0.0693. The standard InChI is InChI=1S/C15H20N2O4/c1-15(2)6-3-7-17(9-15)14(21)16-10-4-5-12(18)11(8-10)13(19)20/h4-5,8,18H,3,6-7,9H2,1-2H3,(H,16,21)(H,19,20). The predicted octanol–water partition coefficient (Wildman–Crippen LogP) is 2.74. The maximum atomic E-state index is 12.2. The number of aromatic carboxylic acids is 1. The number of likely N-dealkylation sites (tertiary alicyclic amines) is 1. The summed E-state index contributed by atoms with van der Waals surface area (Å²) in [6.45, 7) is 5.60. The Labute approximate surface area is 123 Å². The molecule has 0 aromatic heterocycles. The number of phenols is 1. The first-order chi connectivity index (χ1) is 9.78. The topological polar surface area (TPSA) is 89.9 Å². The molecule has 3 N–H and O–H groups in total. The summed E-state index contributed by atoms with van der Waals surface area (Å²) < 4.78 is 0. The Kier molecular flexibility index (Phi) is 4.06. The van der Waals surface area contributed by atoms with Gasteiger partial charge in [0, 0.05) is 18.8 Å². The molecule has 6 nitrogen and oxygen atoms in total. The summed E-state index contributed by atoms with van der Waals surface area (Å²) in [5.41, 5.74) is 0.224. The fourth-order valence-corrected chi connectivity index (χ4v) is 2.58. The number of carbonyl (C=O) groups is 2. The molecule has 0 radical (unpaired) electrons. The number of urea groups is 1. The van der Waals surface area contributed by atoms with Crippen LogP contribution in [0.4, 0.5) is 10.5 Å². The number of nitrogens with zero attached hydrogens (tertiary/aromatic N) is 1. The minimum absolute atomic E-state index is 0.0940. The summed E-state index contributed by atoms with van der Waals surface area (Å²) in [7, 11) is 0. The molecule has 1 aliphatic rings. The molecule has 1 heterocycles. The molecule has 2 rings (SSSR count). The van der Waals surface area contributed by atoms with Crippen molar-refractivity contribution in [1.82, 2.24) is 4.90 Å². The van der Waals surface area contributed by atoms with E-state index in [9.17, 15) is 14.7 Å². The average Bonchev–Trinajstić information content (AvgIpc) is 2.39. The molecule has 1 aliphatic heterocycles. The van der Waals surface area contributed by atoms with E-state index in [0.29, 0.717) is 18.8 Å². The van der Waals surface area contributed by atoms with Crippen molar-refractivity contribution in [1.29, 1.82) is 0 Å². The molecule has 6 heteroatoms. The lowest BCUT2D eigenvalue weighted by atomic mass is 9.84. The molecule has 0 unspecified atom stereocenters. The number of hydrogen-bond acceptors (Lipinski definition) is 3. The zero-order valence-corrected chi connectivity index (χ0v) is 12.2. The molecule has 0 aliphatic carbocycles. The van der Waals surface area contributed by atoms with Crippen molar-refractivity contribution >= 4 is 17.7 Å². The molecule has 0 atom stereocenters. The van der Waals surface area contributed by atoms with E-state index in [2.05, 4.69) is 19.2 Å². The van der Waals surface area contributed by atoms with Gasteiger partial charge in [-0.1, -0.05) is 13.8 Å². The van der Waals surface area contributed by atoms with E-state index in [1.165, 1.54) is 18.2 Å².